The molecule has 0 radical (unpaired) electrons. The summed E-state index contributed by atoms with van der Waals surface area (Å²) in [5.74, 6) is 0.837. The van der Waals surface area contributed by atoms with Crippen molar-refractivity contribution in [2.75, 3.05) is 39.7 Å². The first-order valence-corrected chi connectivity index (χ1v) is 10.6. The minimum absolute atomic E-state index is 0.110. The lowest BCUT2D eigenvalue weighted by Gasteiger charge is -2.17. The summed E-state index contributed by atoms with van der Waals surface area (Å²) < 4.78 is 42.8. The molecule has 3 rings (SSSR count). The molecule has 9 heteroatoms. The Morgan fingerprint density at radius 1 is 0.931 bits per heavy atom. The van der Waals surface area contributed by atoms with Crippen LogP contribution >= 0.6 is 0 Å². The van der Waals surface area contributed by atoms with Gasteiger partial charge in [-0.25, -0.2) is 8.42 Å². The van der Waals surface area contributed by atoms with Gasteiger partial charge >= 0.3 is 0 Å². The lowest BCUT2D eigenvalue weighted by atomic mass is 10.1. The smallest absolute Gasteiger partial charge is 0.256 e. The van der Waals surface area contributed by atoms with Crippen molar-refractivity contribution in [1.82, 2.24) is 4.31 Å². The van der Waals surface area contributed by atoms with Crippen LogP contribution in [0.4, 0.5) is 5.69 Å². The summed E-state index contributed by atoms with van der Waals surface area (Å²) in [5.41, 5.74) is 0.565. The van der Waals surface area contributed by atoms with E-state index in [4.69, 9.17) is 14.2 Å². The molecule has 0 aromatic heterocycles. The van der Waals surface area contributed by atoms with Crippen molar-refractivity contribution >= 4 is 21.6 Å². The molecule has 1 aliphatic heterocycles. The molecular weight excluding hydrogens is 396 g/mol. The molecule has 0 bridgehead atoms. The Balaban J connectivity index is 1.93. The Labute approximate surface area is 170 Å². The van der Waals surface area contributed by atoms with Gasteiger partial charge in [0.15, 0.2) is 0 Å². The van der Waals surface area contributed by atoms with Crippen molar-refractivity contribution in [2.45, 2.75) is 17.7 Å². The van der Waals surface area contributed by atoms with Crippen molar-refractivity contribution in [3.05, 3.63) is 42.0 Å². The first-order valence-electron chi connectivity index (χ1n) is 9.11. The number of hydrogen-bond donors (Lipinski definition) is 1. The maximum absolute atomic E-state index is 12.8. The number of carbonyl (C=O) groups is 1. The van der Waals surface area contributed by atoms with Gasteiger partial charge < -0.3 is 19.5 Å². The third-order valence-corrected chi connectivity index (χ3v) is 6.63. The summed E-state index contributed by atoms with van der Waals surface area (Å²) in [4.78, 5) is 12.9. The van der Waals surface area contributed by atoms with E-state index in [2.05, 4.69) is 5.32 Å². The van der Waals surface area contributed by atoms with Crippen molar-refractivity contribution in [3.8, 4) is 17.2 Å². The van der Waals surface area contributed by atoms with Crippen molar-refractivity contribution in [1.29, 1.82) is 0 Å². The topological polar surface area (TPSA) is 94.2 Å². The number of hydrogen-bond acceptors (Lipinski definition) is 6. The third-order valence-electron chi connectivity index (χ3n) is 4.74. The monoisotopic (exact) mass is 420 g/mol. The zero-order valence-electron chi connectivity index (χ0n) is 16.6. The van der Waals surface area contributed by atoms with Gasteiger partial charge in [-0.15, -0.1) is 0 Å². The largest absolute Gasteiger partial charge is 0.497 e. The molecule has 0 atom stereocenters. The van der Waals surface area contributed by atoms with E-state index in [-0.39, 0.29) is 10.6 Å². The van der Waals surface area contributed by atoms with Gasteiger partial charge in [0.1, 0.15) is 17.2 Å². The van der Waals surface area contributed by atoms with Gasteiger partial charge in [0.05, 0.1) is 31.9 Å². The normalized spacial score (nSPS) is 14.4. The quantitative estimate of drug-likeness (QED) is 0.740. The fourth-order valence-electron chi connectivity index (χ4n) is 3.16. The standard InChI is InChI=1S/C20H24N2O6S/c1-26-15-10-14(11-16(12-15)27-2)20(23)21-18-13-17(6-7-19(18)28-3)29(24,25)22-8-4-5-9-22/h6-7,10-13H,4-5,8-9H2,1-3H3,(H,21,23). The molecule has 2 aromatic carbocycles. The van der Waals surface area contributed by atoms with Crippen LogP contribution < -0.4 is 19.5 Å². The number of sulfonamides is 1. The Morgan fingerprint density at radius 3 is 2.10 bits per heavy atom. The lowest BCUT2D eigenvalue weighted by molar-refractivity contribution is 0.102. The van der Waals surface area contributed by atoms with E-state index < -0.39 is 15.9 Å². The zero-order valence-corrected chi connectivity index (χ0v) is 17.4. The molecule has 0 saturated carbocycles. The van der Waals surface area contributed by atoms with Gasteiger partial charge in [0.2, 0.25) is 10.0 Å². The molecule has 0 unspecified atom stereocenters. The van der Waals surface area contributed by atoms with Gasteiger partial charge in [-0.05, 0) is 43.2 Å². The maximum atomic E-state index is 12.8. The summed E-state index contributed by atoms with van der Waals surface area (Å²) in [6.07, 6.45) is 1.69. The molecule has 8 nitrogen and oxygen atoms in total. The average Bonchev–Trinajstić information content (AvgIpc) is 3.29. The number of rotatable bonds is 7. The van der Waals surface area contributed by atoms with E-state index in [1.54, 1.807) is 18.2 Å². The number of nitrogens with zero attached hydrogens (tertiary/aromatic N) is 1. The van der Waals surface area contributed by atoms with E-state index in [0.29, 0.717) is 35.9 Å². The van der Waals surface area contributed by atoms with Crippen LogP contribution in [0, 0.1) is 0 Å². The molecule has 0 aliphatic carbocycles. The average molecular weight is 420 g/mol. The minimum Gasteiger partial charge on any atom is -0.497 e. The summed E-state index contributed by atoms with van der Waals surface area (Å²) in [6, 6.07) is 9.22. The van der Waals surface area contributed by atoms with Gasteiger partial charge in [0.25, 0.3) is 5.91 Å². The Hall–Kier alpha value is -2.78. The first kappa shape index (κ1) is 20.9. The maximum Gasteiger partial charge on any atom is 0.256 e. The first-order chi connectivity index (χ1) is 13.9. The highest BCUT2D eigenvalue weighted by atomic mass is 32.2. The SMILES string of the molecule is COc1cc(OC)cc(C(=O)Nc2cc(S(=O)(=O)N3CCCC3)ccc2OC)c1. The molecule has 1 fully saturated rings. The Bertz CT molecular complexity index is 978. The number of amides is 1. The second kappa shape index (κ2) is 8.71. The molecule has 0 spiro atoms. The number of ether oxygens (including phenoxy) is 3. The minimum atomic E-state index is -3.62. The Morgan fingerprint density at radius 2 is 1.55 bits per heavy atom. The Kier molecular flexibility index (Phi) is 6.29. The third kappa shape index (κ3) is 4.46. The van der Waals surface area contributed by atoms with E-state index in [0.717, 1.165) is 12.8 Å². The van der Waals surface area contributed by atoms with E-state index in [9.17, 15) is 13.2 Å². The summed E-state index contributed by atoms with van der Waals surface area (Å²) in [7, 11) is 0.816. The number of nitrogens with one attached hydrogen (secondary N) is 1. The lowest BCUT2D eigenvalue weighted by Crippen LogP contribution is -2.28. The van der Waals surface area contributed by atoms with E-state index in [1.165, 1.54) is 43.8 Å². The van der Waals surface area contributed by atoms with Gasteiger partial charge in [-0.2, -0.15) is 4.31 Å². The van der Waals surface area contributed by atoms with Crippen LogP contribution in [0.15, 0.2) is 41.3 Å². The van der Waals surface area contributed by atoms with Crippen molar-refractivity contribution in [2.24, 2.45) is 0 Å². The van der Waals surface area contributed by atoms with Crippen LogP contribution in [0.25, 0.3) is 0 Å². The molecule has 1 N–H and O–H groups in total. The fourth-order valence-corrected chi connectivity index (χ4v) is 4.70. The number of benzene rings is 2. The van der Waals surface area contributed by atoms with Crippen molar-refractivity contribution < 1.29 is 27.4 Å². The predicted octanol–water partition coefficient (Wildman–Crippen LogP) is 2.75. The summed E-state index contributed by atoms with van der Waals surface area (Å²) in [6.45, 7) is 0.999. The van der Waals surface area contributed by atoms with E-state index >= 15 is 0 Å². The van der Waals surface area contributed by atoms with Crippen molar-refractivity contribution in [3.63, 3.8) is 0 Å². The van der Waals surface area contributed by atoms with Gasteiger partial charge in [-0.3, -0.25) is 4.79 Å². The summed E-state index contributed by atoms with van der Waals surface area (Å²) >= 11 is 0. The molecule has 1 saturated heterocycles. The highest BCUT2D eigenvalue weighted by molar-refractivity contribution is 7.89. The fraction of sp³-hybridized carbons (Fsp3) is 0.350. The molecule has 2 aromatic rings. The molecule has 1 aliphatic rings. The van der Waals surface area contributed by atoms with Crippen LogP contribution in [0.5, 0.6) is 17.2 Å². The molecule has 156 valence electrons. The highest BCUT2D eigenvalue weighted by Gasteiger charge is 2.28. The zero-order chi connectivity index (χ0) is 21.0. The second-order valence-corrected chi connectivity index (χ2v) is 8.47. The van der Waals surface area contributed by atoms with Crippen LogP contribution in [0.1, 0.15) is 23.2 Å². The van der Waals surface area contributed by atoms with Gasteiger partial charge in [-0.1, -0.05) is 0 Å². The van der Waals surface area contributed by atoms with Crippen LogP contribution in [-0.4, -0.2) is 53.0 Å². The van der Waals surface area contributed by atoms with Crippen LogP contribution in [-0.2, 0) is 10.0 Å². The molecule has 1 amide bonds. The molecule has 29 heavy (non-hydrogen) atoms. The van der Waals surface area contributed by atoms with Gasteiger partial charge in [0, 0.05) is 24.7 Å². The molecular formula is C20H24N2O6S. The number of carbonyl (C=O) groups excluding carboxylic acids is 1. The highest BCUT2D eigenvalue weighted by Crippen LogP contribution is 2.31. The van der Waals surface area contributed by atoms with Crippen LogP contribution in [0.2, 0.25) is 0 Å². The molecule has 1 heterocycles. The number of anilines is 1. The summed E-state index contributed by atoms with van der Waals surface area (Å²) in [5, 5.41) is 2.73. The van der Waals surface area contributed by atoms with E-state index in [1.807, 2.05) is 0 Å². The predicted molar refractivity (Wildman–Crippen MR) is 108 cm³/mol. The second-order valence-electron chi connectivity index (χ2n) is 6.53. The number of methoxy groups -OCH3 is 3. The van der Waals surface area contributed by atoms with Crippen LogP contribution in [0.3, 0.4) is 0 Å².